The lowest BCUT2D eigenvalue weighted by atomic mass is 9.80. The molecule has 9 heteroatoms. The number of halogens is 1. The molecule has 202 valence electrons. The Hall–Kier alpha value is -4.01. The molecule has 3 aromatic rings. The number of nitrogens with one attached hydrogen (secondary N) is 3. The van der Waals surface area contributed by atoms with E-state index in [1.54, 1.807) is 6.07 Å². The van der Waals surface area contributed by atoms with Crippen LogP contribution in [0, 0.1) is 18.7 Å². The van der Waals surface area contributed by atoms with Crippen molar-refractivity contribution in [3.8, 4) is 11.1 Å². The van der Waals surface area contributed by atoms with Gasteiger partial charge in [0.2, 0.25) is 11.8 Å². The molecule has 6 rings (SSSR count). The molecule has 3 N–H and O–H groups in total. The fourth-order valence-corrected chi connectivity index (χ4v) is 5.53. The van der Waals surface area contributed by atoms with E-state index in [2.05, 4.69) is 16.0 Å². The van der Waals surface area contributed by atoms with Crippen LogP contribution in [-0.4, -0.2) is 40.1 Å². The number of hydrogen-bond acceptors (Lipinski definition) is 5. The predicted molar refractivity (Wildman–Crippen MR) is 145 cm³/mol. The average molecular weight is 530 g/mol. The maximum absolute atomic E-state index is 14.5. The lowest BCUT2D eigenvalue weighted by Gasteiger charge is -2.35. The Kier molecular flexibility index (Phi) is 6.66. The second-order valence-electron chi connectivity index (χ2n) is 11.0. The Morgan fingerprint density at radius 3 is 2.64 bits per heavy atom. The standard InChI is InChI=1S/C30H32FN5O3/c1-17-6-9-20(14-23(17)29(38)33-26-10-11-27(37)34-30(26)39)32-15-18-12-21(13-18)36-16-24(28(35-36)19-7-8-19)22-4-2-3-5-25(22)31/h2-6,9,14,16,18-19,21,26,32H,7-8,10-13,15H2,1H3,(H,33,38)(H,34,37,39). The molecule has 39 heavy (non-hydrogen) atoms. The minimum atomic E-state index is -0.709. The van der Waals surface area contributed by atoms with E-state index in [0.717, 1.165) is 54.7 Å². The predicted octanol–water partition coefficient (Wildman–Crippen LogP) is 4.47. The molecule has 2 aromatic carbocycles. The number of carbonyl (C=O) groups is 3. The number of imide groups is 1. The summed E-state index contributed by atoms with van der Waals surface area (Å²) in [6.07, 6.45) is 6.71. The first kappa shape index (κ1) is 25.3. The van der Waals surface area contributed by atoms with Crippen LogP contribution in [0.1, 0.15) is 72.1 Å². The molecule has 2 aliphatic carbocycles. The highest BCUT2D eigenvalue weighted by molar-refractivity contribution is 6.04. The third-order valence-electron chi connectivity index (χ3n) is 8.10. The lowest BCUT2D eigenvalue weighted by molar-refractivity contribution is -0.134. The third kappa shape index (κ3) is 5.30. The molecule has 0 bridgehead atoms. The Bertz CT molecular complexity index is 1440. The Morgan fingerprint density at radius 1 is 1.10 bits per heavy atom. The zero-order valence-corrected chi connectivity index (χ0v) is 21.9. The van der Waals surface area contributed by atoms with Crippen molar-refractivity contribution in [3.63, 3.8) is 0 Å². The second-order valence-corrected chi connectivity index (χ2v) is 11.0. The number of aryl methyl sites for hydroxylation is 1. The van der Waals surface area contributed by atoms with Gasteiger partial charge in [0.1, 0.15) is 11.9 Å². The van der Waals surface area contributed by atoms with Crippen LogP contribution in [0.5, 0.6) is 0 Å². The summed E-state index contributed by atoms with van der Waals surface area (Å²) in [7, 11) is 0. The molecule has 0 radical (unpaired) electrons. The van der Waals surface area contributed by atoms with Gasteiger partial charge in [-0.2, -0.15) is 5.10 Å². The van der Waals surface area contributed by atoms with Gasteiger partial charge in [0.15, 0.2) is 0 Å². The molecular weight excluding hydrogens is 497 g/mol. The molecule has 3 fully saturated rings. The quantitative estimate of drug-likeness (QED) is 0.374. The maximum atomic E-state index is 14.5. The zero-order valence-electron chi connectivity index (χ0n) is 21.9. The molecule has 2 heterocycles. The van der Waals surface area contributed by atoms with E-state index in [1.807, 2.05) is 48.1 Å². The summed E-state index contributed by atoms with van der Waals surface area (Å²) in [4.78, 5) is 36.3. The minimum absolute atomic E-state index is 0.210. The van der Waals surface area contributed by atoms with Crippen LogP contribution in [0.15, 0.2) is 48.7 Å². The fraction of sp³-hybridized carbons (Fsp3) is 0.400. The van der Waals surface area contributed by atoms with E-state index in [1.165, 1.54) is 6.07 Å². The van der Waals surface area contributed by atoms with Crippen molar-refractivity contribution < 1.29 is 18.8 Å². The molecule has 1 saturated heterocycles. The molecule has 1 unspecified atom stereocenters. The van der Waals surface area contributed by atoms with E-state index in [4.69, 9.17) is 5.10 Å². The Morgan fingerprint density at radius 2 is 1.90 bits per heavy atom. The first-order chi connectivity index (χ1) is 18.9. The number of aromatic nitrogens is 2. The van der Waals surface area contributed by atoms with Crippen molar-refractivity contribution in [3.05, 3.63) is 71.3 Å². The zero-order chi connectivity index (χ0) is 27.1. The minimum Gasteiger partial charge on any atom is -0.385 e. The van der Waals surface area contributed by atoms with Crippen LogP contribution < -0.4 is 16.0 Å². The number of amides is 3. The van der Waals surface area contributed by atoms with Gasteiger partial charge >= 0.3 is 0 Å². The normalized spacial score (nSPS) is 22.7. The van der Waals surface area contributed by atoms with Crippen LogP contribution >= 0.6 is 0 Å². The van der Waals surface area contributed by atoms with Crippen LogP contribution in [0.4, 0.5) is 10.1 Å². The van der Waals surface area contributed by atoms with Crippen molar-refractivity contribution in [2.24, 2.45) is 5.92 Å². The number of piperidine rings is 1. The summed E-state index contributed by atoms with van der Waals surface area (Å²) in [5, 5.41) is 13.4. The van der Waals surface area contributed by atoms with Crippen LogP contribution in [0.2, 0.25) is 0 Å². The van der Waals surface area contributed by atoms with Crippen molar-refractivity contribution in [2.45, 2.75) is 63.5 Å². The molecule has 3 aliphatic rings. The van der Waals surface area contributed by atoms with Crippen LogP contribution in [0.25, 0.3) is 11.1 Å². The van der Waals surface area contributed by atoms with Crippen LogP contribution in [-0.2, 0) is 9.59 Å². The molecule has 1 atom stereocenters. The molecule has 1 aromatic heterocycles. The summed E-state index contributed by atoms with van der Waals surface area (Å²) in [5.74, 6) is -0.423. The van der Waals surface area contributed by atoms with Crippen molar-refractivity contribution >= 4 is 23.4 Å². The van der Waals surface area contributed by atoms with Gasteiger partial charge < -0.3 is 10.6 Å². The number of anilines is 1. The van der Waals surface area contributed by atoms with Crippen molar-refractivity contribution in [1.29, 1.82) is 0 Å². The lowest BCUT2D eigenvalue weighted by Crippen LogP contribution is -2.52. The highest BCUT2D eigenvalue weighted by atomic mass is 19.1. The highest BCUT2D eigenvalue weighted by Gasteiger charge is 2.35. The molecular formula is C30H32FN5O3. The topological polar surface area (TPSA) is 105 Å². The summed E-state index contributed by atoms with van der Waals surface area (Å²) in [6.45, 7) is 2.62. The molecule has 8 nitrogen and oxygen atoms in total. The molecule has 1 aliphatic heterocycles. The van der Waals surface area contributed by atoms with Gasteiger partial charge in [-0.25, -0.2) is 4.39 Å². The summed E-state index contributed by atoms with van der Waals surface area (Å²) in [5.41, 5.74) is 4.71. The molecule has 0 spiro atoms. The second kappa shape index (κ2) is 10.3. The monoisotopic (exact) mass is 529 g/mol. The number of hydrogen-bond donors (Lipinski definition) is 3. The largest absolute Gasteiger partial charge is 0.385 e. The van der Waals surface area contributed by atoms with Crippen molar-refractivity contribution in [1.82, 2.24) is 20.4 Å². The summed E-state index contributed by atoms with van der Waals surface area (Å²) in [6, 6.07) is 12.1. The van der Waals surface area contributed by atoms with E-state index < -0.39 is 11.9 Å². The number of benzene rings is 2. The van der Waals surface area contributed by atoms with E-state index in [-0.39, 0.29) is 24.1 Å². The number of rotatable bonds is 8. The Balaban J connectivity index is 1.06. The van der Waals surface area contributed by atoms with Gasteiger partial charge in [-0.05, 0) is 68.7 Å². The third-order valence-corrected chi connectivity index (χ3v) is 8.10. The summed E-state index contributed by atoms with van der Waals surface area (Å²) < 4.78 is 16.6. The first-order valence-corrected chi connectivity index (χ1v) is 13.7. The van der Waals surface area contributed by atoms with Gasteiger partial charge in [-0.1, -0.05) is 24.3 Å². The van der Waals surface area contributed by atoms with E-state index in [9.17, 15) is 18.8 Å². The van der Waals surface area contributed by atoms with Gasteiger partial charge in [0.05, 0.1) is 11.7 Å². The molecule has 2 saturated carbocycles. The van der Waals surface area contributed by atoms with E-state index >= 15 is 0 Å². The van der Waals surface area contributed by atoms with Gasteiger partial charge in [-0.3, -0.25) is 24.4 Å². The Labute approximate surface area is 226 Å². The number of nitrogens with zero attached hydrogens (tertiary/aromatic N) is 2. The van der Waals surface area contributed by atoms with Crippen LogP contribution in [0.3, 0.4) is 0 Å². The maximum Gasteiger partial charge on any atom is 0.252 e. The molecule has 3 amide bonds. The number of carbonyl (C=O) groups excluding carboxylic acids is 3. The van der Waals surface area contributed by atoms with Gasteiger partial charge in [0, 0.05) is 47.5 Å². The first-order valence-electron chi connectivity index (χ1n) is 13.7. The highest BCUT2D eigenvalue weighted by Crippen LogP contribution is 2.46. The van der Waals surface area contributed by atoms with E-state index in [0.29, 0.717) is 35.4 Å². The average Bonchev–Trinajstić information content (AvgIpc) is 3.65. The SMILES string of the molecule is Cc1ccc(NCC2CC(n3cc(-c4ccccc4F)c(C4CC4)n3)C2)cc1C(=O)NC1CCC(=O)NC1=O. The van der Waals surface area contributed by atoms with Gasteiger partial charge in [0.25, 0.3) is 5.91 Å². The summed E-state index contributed by atoms with van der Waals surface area (Å²) >= 11 is 0. The van der Waals surface area contributed by atoms with Crippen molar-refractivity contribution in [2.75, 3.05) is 11.9 Å². The fourth-order valence-electron chi connectivity index (χ4n) is 5.53. The smallest absolute Gasteiger partial charge is 0.252 e. The van der Waals surface area contributed by atoms with Gasteiger partial charge in [-0.15, -0.1) is 0 Å².